The quantitative estimate of drug-likeness (QED) is 0.191. The van der Waals surface area contributed by atoms with Crippen LogP contribution in [-0.2, 0) is 11.8 Å². The van der Waals surface area contributed by atoms with Crippen molar-refractivity contribution in [3.63, 3.8) is 0 Å². The number of hydrogen-bond acceptors (Lipinski definition) is 2. The van der Waals surface area contributed by atoms with Gasteiger partial charge in [0.25, 0.3) is 0 Å². The average Bonchev–Trinajstić information content (AvgIpc) is 3.16. The minimum absolute atomic E-state index is 0.0117. The third-order valence-corrected chi connectivity index (χ3v) is 10.7. The second-order valence-electron chi connectivity index (χ2n) is 13.7. The van der Waals surface area contributed by atoms with Crippen molar-refractivity contribution >= 4 is 11.6 Å². The number of allylic oxidation sites excluding steroid dienone is 5. The molecule has 3 aliphatic carbocycles. The Morgan fingerprint density at radius 3 is 2.00 bits per heavy atom. The number of aryl methyl sites for hydroxylation is 1. The van der Waals surface area contributed by atoms with Crippen LogP contribution in [0.5, 0.6) is 0 Å². The van der Waals surface area contributed by atoms with Crippen LogP contribution in [0.4, 0.5) is 0 Å². The van der Waals surface area contributed by atoms with Gasteiger partial charge in [-0.2, -0.15) is 0 Å². The molecule has 4 aromatic carbocycles. The first-order chi connectivity index (χ1) is 23.1. The molecule has 8 rings (SSSR count). The van der Waals surface area contributed by atoms with Gasteiger partial charge in [-0.05, 0) is 108 Å². The van der Waals surface area contributed by atoms with Crippen molar-refractivity contribution in [3.8, 4) is 33.8 Å². The Hall–Kier alpha value is -4.82. The van der Waals surface area contributed by atoms with Crippen molar-refractivity contribution in [3.05, 3.63) is 155 Å². The highest BCUT2D eigenvalue weighted by molar-refractivity contribution is 5.77. The number of hydrogen-bond donors (Lipinski definition) is 0. The second-order valence-corrected chi connectivity index (χ2v) is 13.7. The summed E-state index contributed by atoms with van der Waals surface area (Å²) in [4.78, 5) is 10.2. The smallest absolute Gasteiger partial charge is 0.160 e. The van der Waals surface area contributed by atoms with Gasteiger partial charge in [0.2, 0.25) is 0 Å². The molecule has 47 heavy (non-hydrogen) atoms. The lowest BCUT2D eigenvalue weighted by molar-refractivity contribution is 0.280. The fourth-order valence-corrected chi connectivity index (χ4v) is 7.81. The van der Waals surface area contributed by atoms with Gasteiger partial charge >= 0.3 is 0 Å². The zero-order chi connectivity index (χ0) is 31.6. The highest BCUT2D eigenvalue weighted by atomic mass is 14.9. The minimum atomic E-state index is 0.0117. The molecule has 0 N–H and O–H groups in total. The van der Waals surface area contributed by atoms with Gasteiger partial charge in [0.1, 0.15) is 0 Å². The molecule has 2 heteroatoms. The number of rotatable bonds is 6. The molecule has 232 valence electrons. The Morgan fingerprint density at radius 2 is 1.28 bits per heavy atom. The van der Waals surface area contributed by atoms with E-state index in [0.717, 1.165) is 59.9 Å². The summed E-state index contributed by atoms with van der Waals surface area (Å²) in [6.07, 6.45) is 20.6. The van der Waals surface area contributed by atoms with Crippen LogP contribution in [0.3, 0.4) is 0 Å². The van der Waals surface area contributed by atoms with Crippen molar-refractivity contribution in [2.24, 2.45) is 5.92 Å². The molecule has 2 nitrogen and oxygen atoms in total. The van der Waals surface area contributed by atoms with Crippen LogP contribution >= 0.6 is 0 Å². The van der Waals surface area contributed by atoms with E-state index in [1.54, 1.807) is 0 Å². The largest absolute Gasteiger partial charge is 0.228 e. The van der Waals surface area contributed by atoms with Crippen LogP contribution in [-0.4, -0.2) is 9.97 Å². The zero-order valence-corrected chi connectivity index (χ0v) is 27.3. The Balaban J connectivity index is 1.14. The predicted molar refractivity (Wildman–Crippen MR) is 197 cm³/mol. The molecule has 1 heterocycles. The van der Waals surface area contributed by atoms with E-state index >= 15 is 0 Å². The SMILES string of the molecule is CC1CCC(c2ccc(-c3ccc4c(c3)C=CCC4)cc2)(c2ccc(-c3nc(C4=CCCC=C4)cc(-c4ccccc4)n3)cc2)CC1. The molecule has 3 aliphatic rings. The van der Waals surface area contributed by atoms with E-state index in [9.17, 15) is 0 Å². The first kappa shape index (κ1) is 29.6. The van der Waals surface area contributed by atoms with Gasteiger partial charge in [-0.1, -0.05) is 128 Å². The van der Waals surface area contributed by atoms with Crippen LogP contribution in [0.2, 0.25) is 0 Å². The molecule has 1 saturated carbocycles. The molecule has 0 aliphatic heterocycles. The predicted octanol–water partition coefficient (Wildman–Crippen LogP) is 11.7. The van der Waals surface area contributed by atoms with Gasteiger partial charge in [-0.3, -0.25) is 0 Å². The van der Waals surface area contributed by atoms with Gasteiger partial charge in [0, 0.05) is 16.5 Å². The number of fused-ring (bicyclic) bond motifs is 1. The van der Waals surface area contributed by atoms with Gasteiger partial charge in [0.05, 0.1) is 11.4 Å². The van der Waals surface area contributed by atoms with Crippen molar-refractivity contribution in [2.75, 3.05) is 0 Å². The van der Waals surface area contributed by atoms with E-state index in [-0.39, 0.29) is 5.41 Å². The average molecular weight is 611 g/mol. The third kappa shape index (κ3) is 5.94. The van der Waals surface area contributed by atoms with E-state index in [1.165, 1.54) is 64.6 Å². The van der Waals surface area contributed by atoms with E-state index in [1.807, 2.05) is 0 Å². The molecule has 0 amide bonds. The fraction of sp³-hybridized carbons (Fsp3) is 0.244. The van der Waals surface area contributed by atoms with Crippen LogP contribution in [0.15, 0.2) is 127 Å². The van der Waals surface area contributed by atoms with Gasteiger partial charge in [-0.15, -0.1) is 0 Å². The summed E-state index contributed by atoms with van der Waals surface area (Å²) in [5.74, 6) is 1.55. The normalized spacial score (nSPS) is 20.4. The van der Waals surface area contributed by atoms with Gasteiger partial charge < -0.3 is 0 Å². The Morgan fingerprint density at radius 1 is 0.596 bits per heavy atom. The lowest BCUT2D eigenvalue weighted by Gasteiger charge is -2.41. The Bertz CT molecular complexity index is 1970. The maximum atomic E-state index is 5.11. The standard InChI is InChI=1S/C45H42N2/c1-32-26-28-45(29-27-32,40-22-18-34(19-23-40)39-17-16-33-10-8-9-15-38(33)30-39)41-24-20-37(21-25-41)44-46-42(35-11-4-2-5-12-35)31-43(47-44)36-13-6-3-7-14-36/h2,4-6,9,11-25,30-32H,3,7-8,10,26-29H2,1H3. The van der Waals surface area contributed by atoms with Gasteiger partial charge in [-0.25, -0.2) is 9.97 Å². The molecule has 0 bridgehead atoms. The van der Waals surface area contributed by atoms with E-state index < -0.39 is 0 Å². The van der Waals surface area contributed by atoms with Crippen LogP contribution < -0.4 is 0 Å². The summed E-state index contributed by atoms with van der Waals surface area (Å²) < 4.78 is 0. The van der Waals surface area contributed by atoms with Crippen LogP contribution in [0.1, 0.15) is 79.8 Å². The zero-order valence-electron chi connectivity index (χ0n) is 27.3. The molecule has 0 radical (unpaired) electrons. The van der Waals surface area contributed by atoms with Crippen molar-refractivity contribution in [2.45, 2.75) is 63.7 Å². The van der Waals surface area contributed by atoms with Crippen molar-refractivity contribution < 1.29 is 0 Å². The summed E-state index contributed by atoms with van der Waals surface area (Å²) in [5, 5.41) is 0. The summed E-state index contributed by atoms with van der Waals surface area (Å²) in [7, 11) is 0. The van der Waals surface area contributed by atoms with E-state index in [2.05, 4.69) is 140 Å². The summed E-state index contributed by atoms with van der Waals surface area (Å²) >= 11 is 0. The monoisotopic (exact) mass is 610 g/mol. The summed E-state index contributed by atoms with van der Waals surface area (Å²) in [6, 6.07) is 38.3. The minimum Gasteiger partial charge on any atom is -0.228 e. The van der Waals surface area contributed by atoms with E-state index in [0.29, 0.717) is 0 Å². The summed E-state index contributed by atoms with van der Waals surface area (Å²) in [6.45, 7) is 2.41. The topological polar surface area (TPSA) is 25.8 Å². The lowest BCUT2D eigenvalue weighted by Crippen LogP contribution is -2.32. The lowest BCUT2D eigenvalue weighted by atomic mass is 9.63. The van der Waals surface area contributed by atoms with Crippen LogP contribution in [0, 0.1) is 5.92 Å². The molecular formula is C45H42N2. The molecule has 0 saturated heterocycles. The third-order valence-electron chi connectivity index (χ3n) is 10.7. The Labute approximate surface area is 279 Å². The highest BCUT2D eigenvalue weighted by Crippen LogP contribution is 2.47. The van der Waals surface area contributed by atoms with E-state index in [4.69, 9.17) is 9.97 Å². The van der Waals surface area contributed by atoms with Crippen LogP contribution in [0.25, 0.3) is 45.4 Å². The molecule has 0 atom stereocenters. The number of nitrogens with zero attached hydrogens (tertiary/aromatic N) is 2. The highest BCUT2D eigenvalue weighted by Gasteiger charge is 2.37. The molecule has 5 aromatic rings. The number of aromatic nitrogens is 2. The first-order valence-electron chi connectivity index (χ1n) is 17.5. The maximum Gasteiger partial charge on any atom is 0.160 e. The summed E-state index contributed by atoms with van der Waals surface area (Å²) in [5.41, 5.74) is 13.6. The van der Waals surface area contributed by atoms with Crippen molar-refractivity contribution in [1.29, 1.82) is 0 Å². The molecule has 0 spiro atoms. The second kappa shape index (κ2) is 12.8. The molecule has 0 unspecified atom stereocenters. The van der Waals surface area contributed by atoms with Crippen molar-refractivity contribution in [1.82, 2.24) is 9.97 Å². The maximum absolute atomic E-state index is 5.11. The Kier molecular flexibility index (Phi) is 8.03. The fourth-order valence-electron chi connectivity index (χ4n) is 7.81. The molecular weight excluding hydrogens is 569 g/mol. The number of benzene rings is 4. The first-order valence-corrected chi connectivity index (χ1v) is 17.5. The molecule has 1 fully saturated rings. The van der Waals surface area contributed by atoms with Gasteiger partial charge in [0.15, 0.2) is 5.82 Å². The molecule has 1 aromatic heterocycles.